The van der Waals surface area contributed by atoms with Crippen LogP contribution in [0.4, 0.5) is 0 Å². The van der Waals surface area contributed by atoms with Gasteiger partial charge in [0.25, 0.3) is 0 Å². The Morgan fingerprint density at radius 1 is 1.33 bits per heavy atom. The van der Waals surface area contributed by atoms with Crippen LogP contribution in [0.25, 0.3) is 0 Å². The van der Waals surface area contributed by atoms with E-state index in [0.29, 0.717) is 0 Å². The minimum atomic E-state index is 0.786. The molecule has 0 N–H and O–H groups in total. The van der Waals surface area contributed by atoms with E-state index in [1.54, 1.807) is 11.1 Å². The van der Waals surface area contributed by atoms with Gasteiger partial charge in [0.05, 0.1) is 0 Å². The summed E-state index contributed by atoms with van der Waals surface area (Å²) in [6.45, 7) is 4.58. The van der Waals surface area contributed by atoms with Crippen molar-refractivity contribution in [1.82, 2.24) is 0 Å². The first-order valence-corrected chi connectivity index (χ1v) is 4.87. The Labute approximate surface area is 74.6 Å². The highest BCUT2D eigenvalue weighted by atomic mass is 14.2. The molecule has 0 radical (unpaired) electrons. The fourth-order valence-electron chi connectivity index (χ4n) is 2.27. The van der Waals surface area contributed by atoms with Crippen LogP contribution >= 0.6 is 0 Å². The van der Waals surface area contributed by atoms with Crippen molar-refractivity contribution in [3.05, 3.63) is 34.9 Å². The van der Waals surface area contributed by atoms with Crippen molar-refractivity contribution in [3.8, 4) is 0 Å². The maximum absolute atomic E-state index is 2.34. The third kappa shape index (κ3) is 1.16. The summed E-state index contributed by atoms with van der Waals surface area (Å²) < 4.78 is 0. The first-order chi connectivity index (χ1) is 5.79. The van der Waals surface area contributed by atoms with Crippen molar-refractivity contribution in [2.75, 3.05) is 0 Å². The van der Waals surface area contributed by atoms with E-state index in [0.717, 1.165) is 5.92 Å². The van der Waals surface area contributed by atoms with Gasteiger partial charge in [-0.25, -0.2) is 0 Å². The van der Waals surface area contributed by atoms with Gasteiger partial charge < -0.3 is 0 Å². The molecule has 1 aromatic rings. The summed E-state index contributed by atoms with van der Waals surface area (Å²) in [6, 6.07) is 6.72. The lowest BCUT2D eigenvalue weighted by atomic mass is 9.82. The van der Waals surface area contributed by atoms with Gasteiger partial charge in [0.15, 0.2) is 0 Å². The predicted molar refractivity (Wildman–Crippen MR) is 52.5 cm³/mol. The molecular weight excluding hydrogens is 144 g/mol. The highest BCUT2D eigenvalue weighted by Gasteiger charge is 2.16. The monoisotopic (exact) mass is 160 g/mol. The van der Waals surface area contributed by atoms with E-state index in [-0.39, 0.29) is 0 Å². The van der Waals surface area contributed by atoms with Crippen LogP contribution in [-0.2, 0) is 6.42 Å². The predicted octanol–water partition coefficient (Wildman–Crippen LogP) is 3.43. The van der Waals surface area contributed by atoms with E-state index in [2.05, 4.69) is 32.0 Å². The minimum absolute atomic E-state index is 0.786. The van der Waals surface area contributed by atoms with Gasteiger partial charge in [0.1, 0.15) is 0 Å². The standard InChI is InChI=1S/C12H16/c1-9-5-3-8-12-10(2)6-4-7-11(9)12/h3,5,8,10H,4,6-7H2,1-2H3/t10-/m1/s1. The number of rotatable bonds is 0. The Morgan fingerprint density at radius 2 is 2.17 bits per heavy atom. The molecule has 0 fully saturated rings. The average molecular weight is 160 g/mol. The molecule has 1 aliphatic rings. The van der Waals surface area contributed by atoms with Crippen LogP contribution in [0.15, 0.2) is 18.2 Å². The molecule has 1 atom stereocenters. The Kier molecular flexibility index (Phi) is 1.92. The zero-order valence-electron chi connectivity index (χ0n) is 7.93. The minimum Gasteiger partial charge on any atom is -0.0617 e. The zero-order valence-corrected chi connectivity index (χ0v) is 7.93. The quantitative estimate of drug-likeness (QED) is 0.545. The van der Waals surface area contributed by atoms with Gasteiger partial charge in [0.2, 0.25) is 0 Å². The summed E-state index contributed by atoms with van der Waals surface area (Å²) in [6.07, 6.45) is 4.04. The molecule has 0 amide bonds. The van der Waals surface area contributed by atoms with E-state index in [4.69, 9.17) is 0 Å². The molecule has 2 rings (SSSR count). The van der Waals surface area contributed by atoms with Crippen LogP contribution in [0.3, 0.4) is 0 Å². The fourth-order valence-corrected chi connectivity index (χ4v) is 2.27. The molecule has 0 aliphatic heterocycles. The van der Waals surface area contributed by atoms with Crippen molar-refractivity contribution in [1.29, 1.82) is 0 Å². The lowest BCUT2D eigenvalue weighted by Gasteiger charge is -2.23. The third-order valence-electron chi connectivity index (χ3n) is 3.04. The molecule has 0 heteroatoms. The summed E-state index contributed by atoms with van der Waals surface area (Å²) in [5, 5.41) is 0. The largest absolute Gasteiger partial charge is 0.0617 e. The highest BCUT2D eigenvalue weighted by molar-refractivity contribution is 5.38. The Morgan fingerprint density at radius 3 is 2.92 bits per heavy atom. The number of benzene rings is 1. The summed E-state index contributed by atoms with van der Waals surface area (Å²) in [5.41, 5.74) is 4.71. The van der Waals surface area contributed by atoms with E-state index in [9.17, 15) is 0 Å². The van der Waals surface area contributed by atoms with Crippen LogP contribution in [0.1, 0.15) is 42.4 Å². The molecule has 12 heavy (non-hydrogen) atoms. The fraction of sp³-hybridized carbons (Fsp3) is 0.500. The molecule has 0 saturated heterocycles. The molecule has 0 unspecified atom stereocenters. The van der Waals surface area contributed by atoms with Crippen LogP contribution in [0, 0.1) is 6.92 Å². The SMILES string of the molecule is Cc1cccc2c1CCC[C@H]2C. The molecule has 0 saturated carbocycles. The van der Waals surface area contributed by atoms with Gasteiger partial charge in [-0.1, -0.05) is 25.1 Å². The molecule has 0 spiro atoms. The molecule has 1 aromatic carbocycles. The van der Waals surface area contributed by atoms with E-state index in [1.165, 1.54) is 24.8 Å². The van der Waals surface area contributed by atoms with Gasteiger partial charge in [-0.05, 0) is 48.8 Å². The summed E-state index contributed by atoms with van der Waals surface area (Å²) in [7, 11) is 0. The lowest BCUT2D eigenvalue weighted by Crippen LogP contribution is -2.08. The first-order valence-electron chi connectivity index (χ1n) is 4.87. The van der Waals surface area contributed by atoms with Crippen LogP contribution in [-0.4, -0.2) is 0 Å². The molecule has 0 heterocycles. The molecule has 0 nitrogen and oxygen atoms in total. The Bertz CT molecular complexity index is 286. The molecule has 0 bridgehead atoms. The van der Waals surface area contributed by atoms with E-state index >= 15 is 0 Å². The van der Waals surface area contributed by atoms with Gasteiger partial charge >= 0.3 is 0 Å². The maximum Gasteiger partial charge on any atom is -0.0187 e. The van der Waals surface area contributed by atoms with Gasteiger partial charge in [-0.3, -0.25) is 0 Å². The number of hydrogen-bond donors (Lipinski definition) is 0. The smallest absolute Gasteiger partial charge is 0.0187 e. The van der Waals surface area contributed by atoms with Crippen LogP contribution in [0.2, 0.25) is 0 Å². The number of hydrogen-bond acceptors (Lipinski definition) is 0. The van der Waals surface area contributed by atoms with Crippen molar-refractivity contribution < 1.29 is 0 Å². The Balaban J connectivity index is 2.52. The van der Waals surface area contributed by atoms with Gasteiger partial charge in [-0.2, -0.15) is 0 Å². The van der Waals surface area contributed by atoms with Gasteiger partial charge in [0, 0.05) is 0 Å². The normalized spacial score (nSPS) is 22.0. The van der Waals surface area contributed by atoms with Gasteiger partial charge in [-0.15, -0.1) is 0 Å². The maximum atomic E-state index is 2.34. The summed E-state index contributed by atoms with van der Waals surface area (Å²) in [5.74, 6) is 0.786. The summed E-state index contributed by atoms with van der Waals surface area (Å²) >= 11 is 0. The Hall–Kier alpha value is -0.780. The number of fused-ring (bicyclic) bond motifs is 1. The third-order valence-corrected chi connectivity index (χ3v) is 3.04. The molecule has 0 aromatic heterocycles. The van der Waals surface area contributed by atoms with Crippen molar-refractivity contribution >= 4 is 0 Å². The average Bonchev–Trinajstić information content (AvgIpc) is 2.07. The number of aryl methyl sites for hydroxylation is 1. The first kappa shape index (κ1) is 7.85. The van der Waals surface area contributed by atoms with Crippen LogP contribution < -0.4 is 0 Å². The topological polar surface area (TPSA) is 0 Å². The second-order valence-electron chi connectivity index (χ2n) is 3.94. The van der Waals surface area contributed by atoms with Crippen LogP contribution in [0.5, 0.6) is 0 Å². The second kappa shape index (κ2) is 2.93. The van der Waals surface area contributed by atoms with E-state index < -0.39 is 0 Å². The molecule has 1 aliphatic carbocycles. The van der Waals surface area contributed by atoms with E-state index in [1.807, 2.05) is 0 Å². The van der Waals surface area contributed by atoms with Crippen molar-refractivity contribution in [3.63, 3.8) is 0 Å². The molecular formula is C12H16. The second-order valence-corrected chi connectivity index (χ2v) is 3.94. The van der Waals surface area contributed by atoms with Crippen molar-refractivity contribution in [2.24, 2.45) is 0 Å². The lowest BCUT2D eigenvalue weighted by molar-refractivity contribution is 0.588. The highest BCUT2D eigenvalue weighted by Crippen LogP contribution is 2.32. The van der Waals surface area contributed by atoms with Crippen molar-refractivity contribution in [2.45, 2.75) is 39.0 Å². The summed E-state index contributed by atoms with van der Waals surface area (Å²) in [4.78, 5) is 0. The zero-order chi connectivity index (χ0) is 8.55. The molecule has 64 valence electrons.